The average molecular weight is 193 g/mol. The van der Waals surface area contributed by atoms with Gasteiger partial charge in [0.15, 0.2) is 0 Å². The van der Waals surface area contributed by atoms with Crippen molar-refractivity contribution in [2.24, 2.45) is 0 Å². The molecule has 1 heterocycles. The fourth-order valence-corrected chi connectivity index (χ4v) is 1.37. The van der Waals surface area contributed by atoms with Crippen LogP contribution in [0, 0.1) is 0 Å². The van der Waals surface area contributed by atoms with Gasteiger partial charge in [-0.2, -0.15) is 0 Å². The molecule has 0 saturated heterocycles. The van der Waals surface area contributed by atoms with Crippen LogP contribution in [0.1, 0.15) is 18.9 Å². The molecule has 1 aromatic heterocycles. The van der Waals surface area contributed by atoms with Crippen LogP contribution in [-0.4, -0.2) is 25.6 Å². The molecule has 0 saturated carbocycles. The van der Waals surface area contributed by atoms with E-state index in [0.717, 1.165) is 25.3 Å². The van der Waals surface area contributed by atoms with Gasteiger partial charge >= 0.3 is 0 Å². The van der Waals surface area contributed by atoms with Crippen molar-refractivity contribution in [3.05, 3.63) is 23.9 Å². The Kier molecular flexibility index (Phi) is 4.40. The molecule has 14 heavy (non-hydrogen) atoms. The van der Waals surface area contributed by atoms with E-state index in [1.807, 2.05) is 31.3 Å². The molecule has 0 atom stereocenters. The molecule has 0 radical (unpaired) electrons. The van der Waals surface area contributed by atoms with E-state index < -0.39 is 0 Å². The first-order valence-electron chi connectivity index (χ1n) is 5.07. The number of nitrogens with one attached hydrogen (secondary N) is 1. The Labute approximate surface area is 86.2 Å². The van der Waals surface area contributed by atoms with Crippen LogP contribution in [0.3, 0.4) is 0 Å². The highest BCUT2D eigenvalue weighted by Gasteiger charge is 2.03. The SMILES string of the molecule is CCCNCc1cccnc1N(C)C. The minimum atomic E-state index is 0.898. The summed E-state index contributed by atoms with van der Waals surface area (Å²) in [6.45, 7) is 4.13. The second-order valence-corrected chi connectivity index (χ2v) is 3.56. The molecular weight excluding hydrogens is 174 g/mol. The van der Waals surface area contributed by atoms with Gasteiger partial charge in [0.1, 0.15) is 5.82 Å². The molecule has 0 bridgehead atoms. The van der Waals surface area contributed by atoms with Gasteiger partial charge in [-0.1, -0.05) is 13.0 Å². The molecule has 1 aromatic rings. The summed E-state index contributed by atoms with van der Waals surface area (Å²) in [7, 11) is 4.04. The van der Waals surface area contributed by atoms with Crippen LogP contribution in [0.2, 0.25) is 0 Å². The summed E-state index contributed by atoms with van der Waals surface area (Å²) in [6.07, 6.45) is 3.00. The number of nitrogens with zero attached hydrogens (tertiary/aromatic N) is 2. The highest BCUT2D eigenvalue weighted by atomic mass is 15.1. The van der Waals surface area contributed by atoms with E-state index >= 15 is 0 Å². The summed E-state index contributed by atoms with van der Waals surface area (Å²) in [4.78, 5) is 6.39. The van der Waals surface area contributed by atoms with Gasteiger partial charge in [0.05, 0.1) is 0 Å². The zero-order valence-electron chi connectivity index (χ0n) is 9.25. The van der Waals surface area contributed by atoms with Crippen molar-refractivity contribution in [2.75, 3.05) is 25.5 Å². The number of hydrogen-bond acceptors (Lipinski definition) is 3. The van der Waals surface area contributed by atoms with Gasteiger partial charge < -0.3 is 10.2 Å². The maximum atomic E-state index is 4.34. The molecule has 0 aliphatic heterocycles. The Bertz CT molecular complexity index is 271. The van der Waals surface area contributed by atoms with Crippen molar-refractivity contribution in [3.63, 3.8) is 0 Å². The molecular formula is C11H19N3. The standard InChI is InChI=1S/C11H19N3/c1-4-7-12-9-10-6-5-8-13-11(10)14(2)3/h5-6,8,12H,4,7,9H2,1-3H3. The summed E-state index contributed by atoms with van der Waals surface area (Å²) >= 11 is 0. The maximum Gasteiger partial charge on any atom is 0.132 e. The molecule has 3 heteroatoms. The van der Waals surface area contributed by atoms with Gasteiger partial charge in [-0.15, -0.1) is 0 Å². The van der Waals surface area contributed by atoms with Crippen LogP contribution in [0.5, 0.6) is 0 Å². The van der Waals surface area contributed by atoms with E-state index in [1.54, 1.807) is 0 Å². The van der Waals surface area contributed by atoms with E-state index in [4.69, 9.17) is 0 Å². The van der Waals surface area contributed by atoms with Crippen molar-refractivity contribution < 1.29 is 0 Å². The van der Waals surface area contributed by atoms with Gasteiger partial charge in [0.25, 0.3) is 0 Å². The van der Waals surface area contributed by atoms with Crippen molar-refractivity contribution in [3.8, 4) is 0 Å². The second kappa shape index (κ2) is 5.60. The Morgan fingerprint density at radius 1 is 1.43 bits per heavy atom. The van der Waals surface area contributed by atoms with Crippen molar-refractivity contribution in [1.29, 1.82) is 0 Å². The minimum Gasteiger partial charge on any atom is -0.362 e. The van der Waals surface area contributed by atoms with Crippen LogP contribution in [-0.2, 0) is 6.54 Å². The molecule has 0 aliphatic carbocycles. The molecule has 1 rings (SSSR count). The van der Waals surface area contributed by atoms with Crippen molar-refractivity contribution >= 4 is 5.82 Å². The van der Waals surface area contributed by atoms with Crippen LogP contribution in [0.4, 0.5) is 5.82 Å². The summed E-state index contributed by atoms with van der Waals surface area (Å²) in [6, 6.07) is 4.10. The fraction of sp³-hybridized carbons (Fsp3) is 0.545. The van der Waals surface area contributed by atoms with E-state index in [1.165, 1.54) is 5.56 Å². The third-order valence-corrected chi connectivity index (χ3v) is 2.03. The molecule has 0 fully saturated rings. The summed E-state index contributed by atoms with van der Waals surface area (Å²) in [5.74, 6) is 1.05. The van der Waals surface area contributed by atoms with E-state index in [0.29, 0.717) is 0 Å². The molecule has 0 aromatic carbocycles. The Morgan fingerprint density at radius 3 is 2.86 bits per heavy atom. The molecule has 0 aliphatic rings. The zero-order valence-corrected chi connectivity index (χ0v) is 9.25. The summed E-state index contributed by atoms with van der Waals surface area (Å²) in [5.41, 5.74) is 1.26. The van der Waals surface area contributed by atoms with Gasteiger partial charge in [0.2, 0.25) is 0 Å². The van der Waals surface area contributed by atoms with Gasteiger partial charge in [-0.3, -0.25) is 0 Å². The largest absolute Gasteiger partial charge is 0.362 e. The monoisotopic (exact) mass is 193 g/mol. The highest BCUT2D eigenvalue weighted by molar-refractivity contribution is 5.44. The molecule has 0 amide bonds. The Balaban J connectivity index is 2.64. The predicted octanol–water partition coefficient (Wildman–Crippen LogP) is 1.65. The first-order chi connectivity index (χ1) is 6.75. The lowest BCUT2D eigenvalue weighted by Gasteiger charge is -2.15. The normalized spacial score (nSPS) is 10.2. The lowest BCUT2D eigenvalue weighted by Crippen LogP contribution is -2.18. The second-order valence-electron chi connectivity index (χ2n) is 3.56. The maximum absolute atomic E-state index is 4.34. The van der Waals surface area contributed by atoms with Crippen molar-refractivity contribution in [1.82, 2.24) is 10.3 Å². The third-order valence-electron chi connectivity index (χ3n) is 2.03. The predicted molar refractivity (Wildman–Crippen MR) is 60.6 cm³/mol. The number of rotatable bonds is 5. The smallest absolute Gasteiger partial charge is 0.132 e. The lowest BCUT2D eigenvalue weighted by atomic mass is 10.2. The molecule has 78 valence electrons. The highest BCUT2D eigenvalue weighted by Crippen LogP contribution is 2.13. The first kappa shape index (κ1) is 11.0. The van der Waals surface area contributed by atoms with E-state index in [-0.39, 0.29) is 0 Å². The van der Waals surface area contributed by atoms with Crippen LogP contribution < -0.4 is 10.2 Å². The van der Waals surface area contributed by atoms with E-state index in [2.05, 4.69) is 23.3 Å². The number of anilines is 1. The first-order valence-corrected chi connectivity index (χ1v) is 5.07. The van der Waals surface area contributed by atoms with Gasteiger partial charge in [0, 0.05) is 32.4 Å². The van der Waals surface area contributed by atoms with Gasteiger partial charge in [-0.25, -0.2) is 4.98 Å². The number of hydrogen-bond donors (Lipinski definition) is 1. The minimum absolute atomic E-state index is 0.898. The average Bonchev–Trinajstić information content (AvgIpc) is 2.19. The molecule has 0 spiro atoms. The molecule has 1 N–H and O–H groups in total. The van der Waals surface area contributed by atoms with Crippen LogP contribution in [0.25, 0.3) is 0 Å². The lowest BCUT2D eigenvalue weighted by molar-refractivity contribution is 0.673. The fourth-order valence-electron chi connectivity index (χ4n) is 1.37. The van der Waals surface area contributed by atoms with Crippen molar-refractivity contribution in [2.45, 2.75) is 19.9 Å². The summed E-state index contributed by atoms with van der Waals surface area (Å²) in [5, 5.41) is 3.38. The Morgan fingerprint density at radius 2 is 2.21 bits per heavy atom. The molecule has 3 nitrogen and oxygen atoms in total. The summed E-state index contributed by atoms with van der Waals surface area (Å²) < 4.78 is 0. The number of pyridine rings is 1. The zero-order chi connectivity index (χ0) is 10.4. The van der Waals surface area contributed by atoms with E-state index in [9.17, 15) is 0 Å². The van der Waals surface area contributed by atoms with Gasteiger partial charge in [-0.05, 0) is 19.0 Å². The molecule has 0 unspecified atom stereocenters. The Hall–Kier alpha value is -1.09. The van der Waals surface area contributed by atoms with Crippen LogP contribution >= 0.6 is 0 Å². The third kappa shape index (κ3) is 3.00. The van der Waals surface area contributed by atoms with Crippen LogP contribution in [0.15, 0.2) is 18.3 Å². The number of aromatic nitrogens is 1. The topological polar surface area (TPSA) is 28.2 Å². The quantitative estimate of drug-likeness (QED) is 0.721.